The second-order valence-electron chi connectivity index (χ2n) is 7.99. The molecule has 6 rings (SSSR count). The average molecular weight is 347 g/mol. The molecule has 2 aromatic rings. The quantitative estimate of drug-likeness (QED) is 0.927. The van der Waals surface area contributed by atoms with Gasteiger partial charge in [-0.3, -0.25) is 9.78 Å². The number of nitrogens with zero attached hydrogens (tertiary/aromatic N) is 2. The molecule has 4 nitrogen and oxygen atoms in total. The normalized spacial score (nSPS) is 28.0. The van der Waals surface area contributed by atoms with E-state index >= 15 is 0 Å². The van der Waals surface area contributed by atoms with E-state index in [9.17, 15) is 4.79 Å². The van der Waals surface area contributed by atoms with Gasteiger partial charge in [-0.15, -0.1) is 0 Å². The van der Waals surface area contributed by atoms with Gasteiger partial charge in [-0.25, -0.2) is 0 Å². The van der Waals surface area contributed by atoms with Crippen LogP contribution in [-0.4, -0.2) is 41.0 Å². The molecule has 1 N–H and O–H groups in total. The summed E-state index contributed by atoms with van der Waals surface area (Å²) in [5.74, 6) is 1.24. The Morgan fingerprint density at radius 2 is 1.54 bits per heavy atom. The number of fused-ring (bicyclic) bond motifs is 2. The average Bonchev–Trinajstić information content (AvgIpc) is 3.23. The number of hydrogen-bond donors (Lipinski definition) is 1. The van der Waals surface area contributed by atoms with Gasteiger partial charge in [-0.1, -0.05) is 37.1 Å². The van der Waals surface area contributed by atoms with Gasteiger partial charge >= 0.3 is 0 Å². The molecular formula is C22H25N3O. The van der Waals surface area contributed by atoms with Crippen LogP contribution >= 0.6 is 0 Å². The van der Waals surface area contributed by atoms with E-state index in [0.717, 1.165) is 25.9 Å². The van der Waals surface area contributed by atoms with Gasteiger partial charge in [-0.05, 0) is 41.7 Å². The Balaban J connectivity index is 1.27. The molecule has 4 aliphatic rings. The minimum absolute atomic E-state index is 0.297. The molecule has 1 saturated carbocycles. The predicted molar refractivity (Wildman–Crippen MR) is 102 cm³/mol. The fourth-order valence-electron chi connectivity index (χ4n) is 5.04. The van der Waals surface area contributed by atoms with E-state index in [4.69, 9.17) is 0 Å². The summed E-state index contributed by atoms with van der Waals surface area (Å²) in [5.41, 5.74) is 3.82. The molecule has 1 aliphatic carbocycles. The molecule has 1 aromatic heterocycles. The first-order valence-electron chi connectivity index (χ1n) is 9.85. The van der Waals surface area contributed by atoms with Crippen molar-refractivity contribution < 1.29 is 4.79 Å². The molecule has 4 heterocycles. The van der Waals surface area contributed by atoms with E-state index in [0.29, 0.717) is 29.8 Å². The van der Waals surface area contributed by atoms with Crippen molar-refractivity contribution in [3.8, 4) is 11.1 Å². The Morgan fingerprint density at radius 3 is 2.19 bits per heavy atom. The van der Waals surface area contributed by atoms with Crippen LogP contribution in [0.3, 0.4) is 0 Å². The van der Waals surface area contributed by atoms with Gasteiger partial charge < -0.3 is 10.2 Å². The maximum Gasteiger partial charge on any atom is 0.225 e. The number of piperidine rings is 1. The van der Waals surface area contributed by atoms with Crippen molar-refractivity contribution >= 4 is 5.91 Å². The highest BCUT2D eigenvalue weighted by atomic mass is 16.2. The fraction of sp³-hybridized carbons (Fsp3) is 0.455. The summed E-state index contributed by atoms with van der Waals surface area (Å²) in [6.45, 7) is 1.73. The topological polar surface area (TPSA) is 45.2 Å². The number of benzene rings is 1. The van der Waals surface area contributed by atoms with Crippen molar-refractivity contribution in [1.29, 1.82) is 0 Å². The Labute approximate surface area is 154 Å². The van der Waals surface area contributed by atoms with Crippen LogP contribution in [0, 0.1) is 5.92 Å². The number of rotatable bonds is 3. The lowest BCUT2D eigenvalue weighted by Crippen LogP contribution is -2.72. The first-order valence-corrected chi connectivity index (χ1v) is 9.85. The smallest absolute Gasteiger partial charge is 0.225 e. The minimum Gasteiger partial charge on any atom is -0.339 e. The van der Waals surface area contributed by atoms with E-state index in [1.54, 1.807) is 0 Å². The van der Waals surface area contributed by atoms with Crippen LogP contribution in [0.1, 0.15) is 37.2 Å². The number of carbonyl (C=O) groups excluding carboxylic acids is 1. The van der Waals surface area contributed by atoms with Crippen molar-refractivity contribution in [2.24, 2.45) is 5.92 Å². The van der Waals surface area contributed by atoms with Crippen molar-refractivity contribution in [1.82, 2.24) is 15.2 Å². The third-order valence-corrected chi connectivity index (χ3v) is 6.45. The molecule has 1 unspecified atom stereocenters. The predicted octanol–water partition coefficient (Wildman–Crippen LogP) is 3.21. The number of hydrogen-bond acceptors (Lipinski definition) is 3. The minimum atomic E-state index is 0.297. The fourth-order valence-corrected chi connectivity index (χ4v) is 5.04. The molecule has 4 heteroatoms. The van der Waals surface area contributed by atoms with Gasteiger partial charge in [0.05, 0.1) is 0 Å². The number of aromatic nitrogens is 1. The van der Waals surface area contributed by atoms with E-state index in [2.05, 4.69) is 39.5 Å². The van der Waals surface area contributed by atoms with E-state index < -0.39 is 0 Å². The lowest BCUT2D eigenvalue weighted by molar-refractivity contribution is -0.140. The van der Waals surface area contributed by atoms with E-state index in [-0.39, 0.29) is 0 Å². The zero-order valence-corrected chi connectivity index (χ0v) is 15.0. The molecule has 0 radical (unpaired) electrons. The van der Waals surface area contributed by atoms with Gasteiger partial charge in [0.2, 0.25) is 5.91 Å². The number of piperazine rings is 1. The third-order valence-electron chi connectivity index (χ3n) is 6.45. The van der Waals surface area contributed by atoms with E-state index in [1.807, 2.05) is 24.5 Å². The van der Waals surface area contributed by atoms with Gasteiger partial charge in [-0.2, -0.15) is 0 Å². The van der Waals surface area contributed by atoms with Crippen LogP contribution < -0.4 is 5.32 Å². The summed E-state index contributed by atoms with van der Waals surface area (Å²) in [6, 6.07) is 13.8. The molecule has 26 heavy (non-hydrogen) atoms. The van der Waals surface area contributed by atoms with Crippen molar-refractivity contribution in [3.05, 3.63) is 54.4 Å². The number of pyridine rings is 1. The molecular weight excluding hydrogens is 322 g/mol. The third kappa shape index (κ3) is 2.73. The molecule has 3 saturated heterocycles. The summed E-state index contributed by atoms with van der Waals surface area (Å²) in [5, 5.41) is 3.65. The molecule has 134 valence electrons. The Morgan fingerprint density at radius 1 is 0.923 bits per heavy atom. The zero-order chi connectivity index (χ0) is 17.5. The summed E-state index contributed by atoms with van der Waals surface area (Å²) in [6.07, 6.45) is 8.30. The van der Waals surface area contributed by atoms with Gasteiger partial charge in [0, 0.05) is 49.4 Å². The van der Waals surface area contributed by atoms with Crippen LogP contribution in [0.15, 0.2) is 48.8 Å². The Bertz CT molecular complexity index is 771. The lowest BCUT2D eigenvalue weighted by atomic mass is 9.74. The van der Waals surface area contributed by atoms with Gasteiger partial charge in [0.1, 0.15) is 0 Å². The van der Waals surface area contributed by atoms with E-state index in [1.165, 1.54) is 29.5 Å². The summed E-state index contributed by atoms with van der Waals surface area (Å²) in [7, 11) is 0. The summed E-state index contributed by atoms with van der Waals surface area (Å²) < 4.78 is 0. The largest absolute Gasteiger partial charge is 0.339 e. The Kier molecular flexibility index (Phi) is 4.01. The van der Waals surface area contributed by atoms with Crippen molar-refractivity contribution in [2.75, 3.05) is 13.1 Å². The molecule has 1 aromatic carbocycles. The maximum absolute atomic E-state index is 12.7. The molecule has 1 amide bonds. The highest BCUT2D eigenvalue weighted by molar-refractivity contribution is 5.79. The Hall–Kier alpha value is -2.20. The van der Waals surface area contributed by atoms with Crippen molar-refractivity contribution in [2.45, 2.75) is 43.7 Å². The molecule has 3 atom stereocenters. The number of carbonyl (C=O) groups is 1. The molecule has 2 bridgehead atoms. The summed E-state index contributed by atoms with van der Waals surface area (Å²) in [4.78, 5) is 18.9. The van der Waals surface area contributed by atoms with Crippen LogP contribution in [0.25, 0.3) is 11.1 Å². The van der Waals surface area contributed by atoms with Crippen LogP contribution in [0.2, 0.25) is 0 Å². The highest BCUT2D eigenvalue weighted by Gasteiger charge is 2.48. The zero-order valence-electron chi connectivity index (χ0n) is 15.0. The standard InChI is InChI=1S/C22H25N3O/c26-22(18-3-1-2-4-18)25-13-19-21(20(14-25)24-19)17-7-5-15(6-8-17)16-9-11-23-12-10-16/h5-12,18-21,24H,1-4,13-14H2/t19-,20+,21?. The molecule has 3 aliphatic heterocycles. The van der Waals surface area contributed by atoms with Crippen LogP contribution in [0.5, 0.6) is 0 Å². The number of amides is 1. The first-order chi connectivity index (χ1) is 12.8. The van der Waals surface area contributed by atoms with Gasteiger partial charge in [0.25, 0.3) is 0 Å². The van der Waals surface area contributed by atoms with Crippen LogP contribution in [-0.2, 0) is 4.79 Å². The molecule has 4 fully saturated rings. The first kappa shape index (κ1) is 16.0. The van der Waals surface area contributed by atoms with Crippen LogP contribution in [0.4, 0.5) is 0 Å². The monoisotopic (exact) mass is 347 g/mol. The lowest BCUT2D eigenvalue weighted by Gasteiger charge is -2.55. The second-order valence-corrected chi connectivity index (χ2v) is 7.99. The van der Waals surface area contributed by atoms with Gasteiger partial charge in [0.15, 0.2) is 0 Å². The van der Waals surface area contributed by atoms with Crippen molar-refractivity contribution in [3.63, 3.8) is 0 Å². The highest BCUT2D eigenvalue weighted by Crippen LogP contribution is 2.38. The second kappa shape index (κ2) is 6.51. The summed E-state index contributed by atoms with van der Waals surface area (Å²) >= 11 is 0. The molecule has 0 spiro atoms. The SMILES string of the molecule is O=C(C1CCCC1)N1C[C@@H]2N[C@H](C1)C2c1ccc(-c2ccncc2)cc1. The maximum atomic E-state index is 12.7. The number of nitrogens with one attached hydrogen (secondary N) is 1.